The molecule has 1 heterocycles. The van der Waals surface area contributed by atoms with Gasteiger partial charge in [-0.25, -0.2) is 4.98 Å². The number of nitrogens with two attached hydrogens (primary N) is 1. The van der Waals surface area contributed by atoms with Gasteiger partial charge in [0.05, 0.1) is 5.52 Å². The minimum absolute atomic E-state index is 0.298. The molecule has 3 aromatic carbocycles. The van der Waals surface area contributed by atoms with Gasteiger partial charge in [0, 0.05) is 28.6 Å². The van der Waals surface area contributed by atoms with Crippen LogP contribution in [0.4, 0.5) is 24.5 Å². The molecule has 0 bridgehead atoms. The zero-order chi connectivity index (χ0) is 25.4. The Hall–Kier alpha value is -4.35. The van der Waals surface area contributed by atoms with Gasteiger partial charge in [-0.2, -0.15) is 17.9 Å². The minimum Gasteiger partial charge on any atom is -0.426 e. The molecule has 4 rings (SSSR count). The first-order chi connectivity index (χ1) is 16.5. The van der Waals surface area contributed by atoms with Crippen LogP contribution in [0, 0.1) is 0 Å². The van der Waals surface area contributed by atoms with Crippen molar-refractivity contribution in [3.63, 3.8) is 0 Å². The van der Waals surface area contributed by atoms with Gasteiger partial charge in [0.25, 0.3) is 5.79 Å². The quantitative estimate of drug-likeness (QED) is 0.126. The Morgan fingerprint density at radius 3 is 2.29 bits per heavy atom. The Kier molecular flexibility index (Phi) is 5.97. The molecule has 180 valence electrons. The second-order valence-corrected chi connectivity index (χ2v) is 7.69. The first-order valence-electron chi connectivity index (χ1n) is 10.1. The van der Waals surface area contributed by atoms with Crippen LogP contribution in [0.2, 0.25) is 0 Å². The molecule has 1 amide bonds. The lowest BCUT2D eigenvalue weighted by molar-refractivity contribution is -0.358. The Labute approximate surface area is 196 Å². The number of hydrogen-bond acceptors (Lipinski definition) is 6. The first kappa shape index (κ1) is 23.8. The van der Waals surface area contributed by atoms with E-state index in [1.54, 1.807) is 42.5 Å². The Bertz CT molecular complexity index is 1410. The van der Waals surface area contributed by atoms with Gasteiger partial charge in [0.15, 0.2) is 5.82 Å². The van der Waals surface area contributed by atoms with Crippen LogP contribution in [0.5, 0.6) is 0 Å². The Morgan fingerprint density at radius 2 is 1.66 bits per heavy atom. The normalized spacial score (nSPS) is 12.4. The number of halogens is 3. The summed E-state index contributed by atoms with van der Waals surface area (Å²) >= 11 is 0. The van der Waals surface area contributed by atoms with Crippen molar-refractivity contribution in [1.29, 1.82) is 0 Å². The van der Waals surface area contributed by atoms with Crippen molar-refractivity contribution in [3.8, 4) is 11.4 Å². The van der Waals surface area contributed by atoms with E-state index in [1.807, 2.05) is 0 Å². The second-order valence-electron chi connectivity index (χ2n) is 7.69. The third-order valence-corrected chi connectivity index (χ3v) is 5.20. The molecule has 0 unspecified atom stereocenters. The maximum Gasteiger partial charge on any atom is 0.447 e. The van der Waals surface area contributed by atoms with Crippen LogP contribution < -0.4 is 11.1 Å². The Morgan fingerprint density at radius 1 is 1.00 bits per heavy atom. The molecule has 0 aliphatic carbocycles. The summed E-state index contributed by atoms with van der Waals surface area (Å²) in [5, 5.41) is 31.6. The third-order valence-electron chi connectivity index (χ3n) is 5.20. The van der Waals surface area contributed by atoms with Crippen molar-refractivity contribution in [1.82, 2.24) is 9.71 Å². The molecule has 4 aromatic rings. The first-order valence-corrected chi connectivity index (χ1v) is 10.1. The SMILES string of the molecule is Nc1ccc2nc(-c3ccc(NC(=O)/C=C/c4ccc(C(O)(O)C(F)(F)F)cc4)cc3)n(O)c2c1. The summed E-state index contributed by atoms with van der Waals surface area (Å²) in [6.45, 7) is 0. The van der Waals surface area contributed by atoms with E-state index in [2.05, 4.69) is 10.3 Å². The van der Waals surface area contributed by atoms with Gasteiger partial charge in [0.2, 0.25) is 5.91 Å². The van der Waals surface area contributed by atoms with Gasteiger partial charge in [-0.3, -0.25) is 4.79 Å². The van der Waals surface area contributed by atoms with E-state index in [9.17, 15) is 33.4 Å². The van der Waals surface area contributed by atoms with Gasteiger partial charge in [-0.05, 0) is 54.1 Å². The number of nitrogen functional groups attached to an aromatic ring is 1. The zero-order valence-electron chi connectivity index (χ0n) is 17.9. The molecule has 0 fully saturated rings. The lowest BCUT2D eigenvalue weighted by Gasteiger charge is -2.24. The summed E-state index contributed by atoms with van der Waals surface area (Å²) in [6.07, 6.45) is -2.72. The number of hydrogen-bond donors (Lipinski definition) is 5. The highest BCUT2D eigenvalue weighted by atomic mass is 19.4. The van der Waals surface area contributed by atoms with Crippen molar-refractivity contribution in [2.24, 2.45) is 0 Å². The van der Waals surface area contributed by atoms with Gasteiger partial charge < -0.3 is 26.5 Å². The zero-order valence-corrected chi connectivity index (χ0v) is 17.9. The summed E-state index contributed by atoms with van der Waals surface area (Å²) < 4.78 is 39.0. The van der Waals surface area contributed by atoms with E-state index in [0.29, 0.717) is 39.4 Å². The number of nitrogens with one attached hydrogen (secondary N) is 1. The predicted molar refractivity (Wildman–Crippen MR) is 123 cm³/mol. The maximum absolute atomic E-state index is 12.7. The number of benzene rings is 3. The molecule has 6 N–H and O–H groups in total. The number of rotatable bonds is 5. The number of imidazole rings is 1. The number of carbonyl (C=O) groups excluding carboxylic acids is 1. The van der Waals surface area contributed by atoms with Crippen LogP contribution in [0.15, 0.2) is 72.8 Å². The van der Waals surface area contributed by atoms with Gasteiger partial charge in [-0.1, -0.05) is 24.3 Å². The van der Waals surface area contributed by atoms with E-state index in [4.69, 9.17) is 5.73 Å². The van der Waals surface area contributed by atoms with E-state index in [-0.39, 0.29) is 0 Å². The molecule has 11 heteroatoms. The number of amides is 1. The average Bonchev–Trinajstić information content (AvgIpc) is 3.13. The molecule has 0 radical (unpaired) electrons. The van der Waals surface area contributed by atoms with E-state index >= 15 is 0 Å². The number of anilines is 2. The van der Waals surface area contributed by atoms with Gasteiger partial charge in [0.1, 0.15) is 5.52 Å². The summed E-state index contributed by atoms with van der Waals surface area (Å²) in [5.74, 6) is -4.17. The molecule has 0 atom stereocenters. The highest BCUT2D eigenvalue weighted by molar-refractivity contribution is 6.02. The largest absolute Gasteiger partial charge is 0.447 e. The topological polar surface area (TPSA) is 134 Å². The lowest BCUT2D eigenvalue weighted by atomic mass is 10.0. The van der Waals surface area contributed by atoms with Crippen molar-refractivity contribution >= 4 is 34.4 Å². The second kappa shape index (κ2) is 8.78. The minimum atomic E-state index is -5.25. The summed E-state index contributed by atoms with van der Waals surface area (Å²) in [7, 11) is 0. The number of nitrogens with zero attached hydrogens (tertiary/aromatic N) is 2. The molecule has 8 nitrogen and oxygen atoms in total. The molecule has 35 heavy (non-hydrogen) atoms. The fourth-order valence-electron chi connectivity index (χ4n) is 3.32. The number of aromatic nitrogens is 2. The fraction of sp³-hybridized carbons (Fsp3) is 0.0833. The number of aliphatic hydroxyl groups is 2. The molecular weight excluding hydrogens is 465 g/mol. The highest BCUT2D eigenvalue weighted by Crippen LogP contribution is 2.36. The van der Waals surface area contributed by atoms with E-state index in [1.165, 1.54) is 24.3 Å². The maximum atomic E-state index is 12.7. The van der Waals surface area contributed by atoms with Crippen LogP contribution in [-0.2, 0) is 10.6 Å². The van der Waals surface area contributed by atoms with Crippen LogP contribution >= 0.6 is 0 Å². The van der Waals surface area contributed by atoms with Crippen LogP contribution in [0.1, 0.15) is 11.1 Å². The predicted octanol–water partition coefficient (Wildman–Crippen LogP) is 3.87. The van der Waals surface area contributed by atoms with Crippen LogP contribution in [0.25, 0.3) is 28.5 Å². The molecule has 0 spiro atoms. The van der Waals surface area contributed by atoms with E-state index in [0.717, 1.165) is 16.9 Å². The van der Waals surface area contributed by atoms with Crippen molar-refractivity contribution < 1.29 is 33.4 Å². The van der Waals surface area contributed by atoms with Gasteiger partial charge >= 0.3 is 6.18 Å². The standard InChI is InChI=1S/C24H19F3N4O4/c25-24(26,27)23(33,34)16-6-1-14(2-7-16)3-12-21(32)29-18-9-4-15(5-10-18)22-30-19-11-8-17(28)13-20(19)31(22)35/h1-13,33-35H,28H2,(H,29,32)/b12-3+. The third kappa shape index (κ3) is 4.81. The average molecular weight is 484 g/mol. The Balaban J connectivity index is 1.42. The van der Waals surface area contributed by atoms with Crippen molar-refractivity contribution in [2.75, 3.05) is 11.1 Å². The van der Waals surface area contributed by atoms with Crippen LogP contribution in [0.3, 0.4) is 0 Å². The van der Waals surface area contributed by atoms with Crippen LogP contribution in [-0.4, -0.2) is 37.2 Å². The number of fused-ring (bicyclic) bond motifs is 1. The molecule has 0 aliphatic heterocycles. The molecule has 0 aliphatic rings. The number of carbonyl (C=O) groups is 1. The summed E-state index contributed by atoms with van der Waals surface area (Å²) in [6, 6.07) is 15.8. The smallest absolute Gasteiger partial charge is 0.426 e. The van der Waals surface area contributed by atoms with Crippen molar-refractivity contribution in [2.45, 2.75) is 12.0 Å². The lowest BCUT2D eigenvalue weighted by Crippen LogP contribution is -2.41. The fourth-order valence-corrected chi connectivity index (χ4v) is 3.32. The number of alkyl halides is 3. The monoisotopic (exact) mass is 484 g/mol. The van der Waals surface area contributed by atoms with E-state index < -0.39 is 23.4 Å². The molecule has 1 aromatic heterocycles. The molecule has 0 saturated heterocycles. The summed E-state index contributed by atoms with van der Waals surface area (Å²) in [5.41, 5.74) is 7.94. The van der Waals surface area contributed by atoms with Gasteiger partial charge in [-0.15, -0.1) is 0 Å². The molecule has 0 saturated carbocycles. The van der Waals surface area contributed by atoms with Crippen molar-refractivity contribution in [3.05, 3.63) is 83.9 Å². The highest BCUT2D eigenvalue weighted by Gasteiger charge is 2.54. The molecular formula is C24H19F3N4O4. The summed E-state index contributed by atoms with van der Waals surface area (Å²) in [4.78, 5) is 16.6.